The zero-order valence-corrected chi connectivity index (χ0v) is 12.3. The van der Waals surface area contributed by atoms with Crippen molar-refractivity contribution in [1.82, 2.24) is 0 Å². The molecule has 3 nitrogen and oxygen atoms in total. The molecule has 0 unspecified atom stereocenters. The number of rotatable bonds is 3. The standard InChI is InChI=1S/C16H15FN2OS/c17-12-7-3-1-5-10(12)9-19-16-14(15(18)20)11-6-2-4-8-13(11)21-16/h1,3,5,7,9H,2,4,6,8H2,(H2,18,20)/b19-9+. The van der Waals surface area contributed by atoms with E-state index in [-0.39, 0.29) is 5.82 Å². The number of halogens is 1. The maximum atomic E-state index is 13.6. The number of aryl methyl sites for hydroxylation is 1. The van der Waals surface area contributed by atoms with E-state index in [1.165, 1.54) is 28.5 Å². The van der Waals surface area contributed by atoms with Crippen molar-refractivity contribution in [2.24, 2.45) is 10.7 Å². The van der Waals surface area contributed by atoms with Crippen molar-refractivity contribution >= 4 is 28.5 Å². The number of carbonyl (C=O) groups is 1. The Morgan fingerprint density at radius 3 is 2.81 bits per heavy atom. The molecule has 3 rings (SSSR count). The molecule has 1 amide bonds. The van der Waals surface area contributed by atoms with Crippen LogP contribution in [0, 0.1) is 5.82 Å². The van der Waals surface area contributed by atoms with Crippen molar-refractivity contribution in [2.75, 3.05) is 0 Å². The molecule has 1 aromatic carbocycles. The minimum atomic E-state index is -0.449. The van der Waals surface area contributed by atoms with Gasteiger partial charge in [0, 0.05) is 16.7 Å². The van der Waals surface area contributed by atoms with Gasteiger partial charge in [0.05, 0.1) is 5.56 Å². The van der Waals surface area contributed by atoms with Gasteiger partial charge in [0.25, 0.3) is 5.91 Å². The smallest absolute Gasteiger partial charge is 0.252 e. The molecular weight excluding hydrogens is 287 g/mol. The Morgan fingerprint density at radius 1 is 1.29 bits per heavy atom. The number of thiophene rings is 1. The van der Waals surface area contributed by atoms with Crippen LogP contribution in [0.2, 0.25) is 0 Å². The second-order valence-corrected chi connectivity index (χ2v) is 6.12. The lowest BCUT2D eigenvalue weighted by Gasteiger charge is -2.10. The summed E-state index contributed by atoms with van der Waals surface area (Å²) in [5.41, 5.74) is 7.46. The molecule has 1 aliphatic carbocycles. The highest BCUT2D eigenvalue weighted by atomic mass is 32.1. The fraction of sp³-hybridized carbons (Fsp3) is 0.250. The number of hydrogen-bond donors (Lipinski definition) is 1. The number of benzene rings is 1. The molecule has 0 fully saturated rings. The zero-order chi connectivity index (χ0) is 14.8. The van der Waals surface area contributed by atoms with E-state index in [0.717, 1.165) is 31.2 Å². The largest absolute Gasteiger partial charge is 0.365 e. The van der Waals surface area contributed by atoms with Crippen LogP contribution in [0.25, 0.3) is 0 Å². The van der Waals surface area contributed by atoms with Crippen LogP contribution in [-0.2, 0) is 12.8 Å². The fourth-order valence-corrected chi connectivity index (χ4v) is 3.84. The van der Waals surface area contributed by atoms with Gasteiger partial charge in [0.15, 0.2) is 0 Å². The van der Waals surface area contributed by atoms with Crippen LogP contribution in [0.15, 0.2) is 29.3 Å². The highest BCUT2D eigenvalue weighted by Crippen LogP contribution is 2.39. The molecular formula is C16H15FN2OS. The fourth-order valence-electron chi connectivity index (χ4n) is 2.60. The summed E-state index contributed by atoms with van der Waals surface area (Å²) in [6, 6.07) is 6.41. The predicted octanol–water partition coefficient (Wildman–Crippen LogP) is 3.62. The van der Waals surface area contributed by atoms with Crippen molar-refractivity contribution < 1.29 is 9.18 Å². The van der Waals surface area contributed by atoms with E-state index in [9.17, 15) is 9.18 Å². The van der Waals surface area contributed by atoms with Gasteiger partial charge in [-0.15, -0.1) is 11.3 Å². The molecule has 0 saturated carbocycles. The number of hydrogen-bond acceptors (Lipinski definition) is 3. The van der Waals surface area contributed by atoms with E-state index >= 15 is 0 Å². The molecule has 0 radical (unpaired) electrons. The van der Waals surface area contributed by atoms with Crippen LogP contribution in [-0.4, -0.2) is 12.1 Å². The van der Waals surface area contributed by atoms with Gasteiger partial charge in [-0.2, -0.15) is 0 Å². The number of nitrogens with two attached hydrogens (primary N) is 1. The van der Waals surface area contributed by atoms with Crippen molar-refractivity contribution in [2.45, 2.75) is 25.7 Å². The van der Waals surface area contributed by atoms with E-state index in [2.05, 4.69) is 4.99 Å². The summed E-state index contributed by atoms with van der Waals surface area (Å²) >= 11 is 1.49. The summed E-state index contributed by atoms with van der Waals surface area (Å²) in [7, 11) is 0. The Hall–Kier alpha value is -2.01. The summed E-state index contributed by atoms with van der Waals surface area (Å²) < 4.78 is 13.6. The highest BCUT2D eigenvalue weighted by molar-refractivity contribution is 7.16. The first kappa shape index (κ1) is 13.9. The average molecular weight is 302 g/mol. The van der Waals surface area contributed by atoms with Crippen molar-refractivity contribution in [3.8, 4) is 0 Å². The summed E-state index contributed by atoms with van der Waals surface area (Å²) in [4.78, 5) is 17.2. The SMILES string of the molecule is NC(=O)c1c(/N=C/c2ccccc2F)sc2c1CCCC2. The Kier molecular flexibility index (Phi) is 3.84. The molecule has 0 saturated heterocycles. The molecule has 5 heteroatoms. The third-order valence-corrected chi connectivity index (χ3v) is 4.83. The van der Waals surface area contributed by atoms with Crippen molar-refractivity contribution in [3.63, 3.8) is 0 Å². The number of amides is 1. The van der Waals surface area contributed by atoms with Crippen LogP contribution < -0.4 is 5.73 Å². The molecule has 1 aliphatic rings. The molecule has 0 atom stereocenters. The van der Waals surface area contributed by atoms with Crippen LogP contribution in [0.4, 0.5) is 9.39 Å². The number of fused-ring (bicyclic) bond motifs is 1. The zero-order valence-electron chi connectivity index (χ0n) is 11.4. The first-order valence-electron chi connectivity index (χ1n) is 6.89. The molecule has 108 valence electrons. The molecule has 21 heavy (non-hydrogen) atoms. The lowest BCUT2D eigenvalue weighted by atomic mass is 9.95. The van der Waals surface area contributed by atoms with Crippen LogP contribution >= 0.6 is 11.3 Å². The van der Waals surface area contributed by atoms with Gasteiger partial charge in [0.1, 0.15) is 10.8 Å². The Balaban J connectivity index is 2.01. The Morgan fingerprint density at radius 2 is 2.05 bits per heavy atom. The first-order chi connectivity index (χ1) is 10.2. The molecule has 1 aromatic heterocycles. The third kappa shape index (κ3) is 2.74. The van der Waals surface area contributed by atoms with Gasteiger partial charge in [-0.25, -0.2) is 9.38 Å². The van der Waals surface area contributed by atoms with Crippen molar-refractivity contribution in [3.05, 3.63) is 51.7 Å². The van der Waals surface area contributed by atoms with Crippen LogP contribution in [0.1, 0.15) is 39.2 Å². The molecule has 2 N–H and O–H groups in total. The van der Waals surface area contributed by atoms with E-state index in [4.69, 9.17) is 5.73 Å². The summed E-state index contributed by atoms with van der Waals surface area (Å²) in [6.07, 6.45) is 5.50. The molecule has 0 aliphatic heterocycles. The molecule has 0 bridgehead atoms. The summed E-state index contributed by atoms with van der Waals surface area (Å²) in [6.45, 7) is 0. The number of nitrogens with zero attached hydrogens (tertiary/aromatic N) is 1. The number of aliphatic imine (C=N–C) groups is 1. The Labute approximate surface area is 126 Å². The monoisotopic (exact) mass is 302 g/mol. The topological polar surface area (TPSA) is 55.5 Å². The van der Waals surface area contributed by atoms with Gasteiger partial charge in [0.2, 0.25) is 0 Å². The highest BCUT2D eigenvalue weighted by Gasteiger charge is 2.23. The number of primary amides is 1. The predicted molar refractivity (Wildman–Crippen MR) is 83.1 cm³/mol. The van der Waals surface area contributed by atoms with Gasteiger partial charge in [-0.05, 0) is 37.3 Å². The Bertz CT molecular complexity index is 721. The lowest BCUT2D eigenvalue weighted by Crippen LogP contribution is -2.14. The van der Waals surface area contributed by atoms with E-state index < -0.39 is 5.91 Å². The quantitative estimate of drug-likeness (QED) is 0.865. The van der Waals surface area contributed by atoms with Gasteiger partial charge >= 0.3 is 0 Å². The van der Waals surface area contributed by atoms with Gasteiger partial charge in [-0.3, -0.25) is 4.79 Å². The second kappa shape index (κ2) is 5.77. The van der Waals surface area contributed by atoms with Gasteiger partial charge in [-0.1, -0.05) is 18.2 Å². The maximum Gasteiger partial charge on any atom is 0.252 e. The van der Waals surface area contributed by atoms with E-state index in [1.54, 1.807) is 18.2 Å². The van der Waals surface area contributed by atoms with E-state index in [1.807, 2.05) is 0 Å². The van der Waals surface area contributed by atoms with Gasteiger partial charge < -0.3 is 5.73 Å². The van der Waals surface area contributed by atoms with E-state index in [0.29, 0.717) is 16.1 Å². The molecule has 1 heterocycles. The average Bonchev–Trinajstić information content (AvgIpc) is 2.85. The van der Waals surface area contributed by atoms with Crippen LogP contribution in [0.5, 0.6) is 0 Å². The number of carbonyl (C=O) groups excluding carboxylic acids is 1. The third-order valence-electron chi connectivity index (χ3n) is 3.63. The minimum absolute atomic E-state index is 0.330. The second-order valence-electron chi connectivity index (χ2n) is 5.04. The summed E-state index contributed by atoms with van der Waals surface area (Å²) in [5, 5.41) is 0.595. The first-order valence-corrected chi connectivity index (χ1v) is 7.71. The normalized spacial score (nSPS) is 14.3. The maximum absolute atomic E-state index is 13.6. The summed E-state index contributed by atoms with van der Waals surface area (Å²) in [5.74, 6) is -0.779. The van der Waals surface area contributed by atoms with Crippen LogP contribution in [0.3, 0.4) is 0 Å². The molecule has 0 spiro atoms. The van der Waals surface area contributed by atoms with Crippen molar-refractivity contribution in [1.29, 1.82) is 0 Å². The lowest BCUT2D eigenvalue weighted by molar-refractivity contribution is 0.100. The molecule has 2 aromatic rings. The minimum Gasteiger partial charge on any atom is -0.365 e.